The van der Waals surface area contributed by atoms with Crippen LogP contribution in [0.2, 0.25) is 10.0 Å². The quantitative estimate of drug-likeness (QED) is 0.279. The lowest BCUT2D eigenvalue weighted by molar-refractivity contribution is -0.137. The highest BCUT2D eigenvalue weighted by Gasteiger charge is 2.31. The van der Waals surface area contributed by atoms with Crippen LogP contribution in [0.25, 0.3) is 0 Å². The summed E-state index contributed by atoms with van der Waals surface area (Å²) in [4.78, 5) is 0. The average molecular weight is 507 g/mol. The molecule has 0 aliphatic carbocycles. The fourth-order valence-corrected chi connectivity index (χ4v) is 2.97. The molecule has 0 saturated heterocycles. The molecular formula is C19H15Cl4F4NO2. The third kappa shape index (κ3) is 7.61. The van der Waals surface area contributed by atoms with E-state index >= 15 is 0 Å². The second-order valence-electron chi connectivity index (χ2n) is 5.84. The van der Waals surface area contributed by atoms with Crippen LogP contribution >= 0.6 is 46.4 Å². The van der Waals surface area contributed by atoms with Crippen molar-refractivity contribution in [3.8, 4) is 11.5 Å². The second kappa shape index (κ2) is 11.2. The molecule has 0 bridgehead atoms. The number of halogens is 8. The molecule has 3 nitrogen and oxygen atoms in total. The van der Waals surface area contributed by atoms with E-state index in [9.17, 15) is 17.6 Å². The smallest absolute Gasteiger partial charge is 0.416 e. The molecule has 30 heavy (non-hydrogen) atoms. The maximum absolute atomic E-state index is 13.8. The zero-order valence-electron chi connectivity index (χ0n) is 15.1. The van der Waals surface area contributed by atoms with E-state index in [4.69, 9.17) is 55.9 Å². The lowest BCUT2D eigenvalue weighted by atomic mass is 10.2. The van der Waals surface area contributed by atoms with Crippen LogP contribution in [0.5, 0.6) is 11.5 Å². The fourth-order valence-electron chi connectivity index (χ4n) is 2.26. The molecule has 0 aliphatic rings. The van der Waals surface area contributed by atoms with Crippen molar-refractivity contribution in [2.45, 2.75) is 12.6 Å². The highest BCUT2D eigenvalue weighted by molar-refractivity contribution is 6.55. The molecule has 0 saturated carbocycles. The van der Waals surface area contributed by atoms with Gasteiger partial charge in [-0.2, -0.15) is 13.2 Å². The molecule has 0 atom stereocenters. The standard InChI is InChI=1S/C19H15Cl4F4NO2/c20-13-9-12(29-7-4-17(22)23)10-14(21)18(13)30-6-1-5-28-16-3-2-11(8-15(16)24)19(25,26)27/h2-4,8-10,28H,1,5-7H2. The van der Waals surface area contributed by atoms with E-state index in [-0.39, 0.29) is 45.7 Å². The van der Waals surface area contributed by atoms with Crippen molar-refractivity contribution < 1.29 is 27.0 Å². The molecule has 2 rings (SSSR count). The minimum absolute atomic E-state index is 0.0355. The fraction of sp³-hybridized carbons (Fsp3) is 0.263. The molecule has 0 radical (unpaired) electrons. The molecule has 0 fully saturated rings. The maximum Gasteiger partial charge on any atom is 0.416 e. The summed E-state index contributed by atoms with van der Waals surface area (Å²) < 4.78 is 62.4. The highest BCUT2D eigenvalue weighted by atomic mass is 35.5. The SMILES string of the molecule is Fc1cc(C(F)(F)F)ccc1NCCCOc1c(Cl)cc(OCC=C(Cl)Cl)cc1Cl. The van der Waals surface area contributed by atoms with Gasteiger partial charge in [0.2, 0.25) is 0 Å². The van der Waals surface area contributed by atoms with E-state index in [1.807, 2.05) is 0 Å². The molecule has 0 heterocycles. The van der Waals surface area contributed by atoms with Crippen LogP contribution in [-0.4, -0.2) is 19.8 Å². The van der Waals surface area contributed by atoms with Gasteiger partial charge in [0.15, 0.2) is 5.75 Å². The number of hydrogen-bond donors (Lipinski definition) is 1. The van der Waals surface area contributed by atoms with Crippen molar-refractivity contribution >= 4 is 52.1 Å². The Labute approximate surface area is 190 Å². The Morgan fingerprint density at radius 3 is 2.27 bits per heavy atom. The Morgan fingerprint density at radius 2 is 1.70 bits per heavy atom. The van der Waals surface area contributed by atoms with Gasteiger partial charge in [-0.05, 0) is 30.7 Å². The van der Waals surface area contributed by atoms with E-state index in [1.54, 1.807) is 0 Å². The monoisotopic (exact) mass is 505 g/mol. The van der Waals surface area contributed by atoms with Gasteiger partial charge >= 0.3 is 6.18 Å². The van der Waals surface area contributed by atoms with Gasteiger partial charge in [0.1, 0.15) is 22.7 Å². The number of nitrogens with one attached hydrogen (secondary N) is 1. The molecule has 0 spiro atoms. The van der Waals surface area contributed by atoms with Gasteiger partial charge in [0, 0.05) is 18.7 Å². The Kier molecular flexibility index (Phi) is 9.22. The van der Waals surface area contributed by atoms with E-state index in [0.29, 0.717) is 18.2 Å². The van der Waals surface area contributed by atoms with Crippen LogP contribution in [0.15, 0.2) is 40.9 Å². The first kappa shape index (κ1) is 24.7. The van der Waals surface area contributed by atoms with Crippen molar-refractivity contribution in [2.75, 3.05) is 25.1 Å². The lowest BCUT2D eigenvalue weighted by Crippen LogP contribution is -2.10. The second-order valence-corrected chi connectivity index (χ2v) is 7.66. The van der Waals surface area contributed by atoms with Crippen LogP contribution in [0.3, 0.4) is 0 Å². The summed E-state index contributed by atoms with van der Waals surface area (Å²) in [5.41, 5.74) is -1.08. The average Bonchev–Trinajstić information content (AvgIpc) is 2.63. The third-order valence-corrected chi connectivity index (χ3v) is 4.51. The number of alkyl halides is 3. The van der Waals surface area contributed by atoms with Gasteiger partial charge in [0.05, 0.1) is 27.9 Å². The molecule has 0 amide bonds. The Bertz CT molecular complexity index is 880. The summed E-state index contributed by atoms with van der Waals surface area (Å²) in [6.07, 6.45) is -2.74. The normalized spacial score (nSPS) is 11.2. The van der Waals surface area contributed by atoms with Crippen molar-refractivity contribution in [3.05, 3.63) is 62.3 Å². The molecule has 2 aromatic rings. The van der Waals surface area contributed by atoms with Crippen molar-refractivity contribution in [1.29, 1.82) is 0 Å². The van der Waals surface area contributed by atoms with Crippen LogP contribution in [-0.2, 0) is 6.18 Å². The van der Waals surface area contributed by atoms with Gasteiger partial charge in [-0.3, -0.25) is 0 Å². The summed E-state index contributed by atoms with van der Waals surface area (Å²) in [5.74, 6) is -0.349. The van der Waals surface area contributed by atoms with Crippen molar-refractivity contribution in [1.82, 2.24) is 0 Å². The Hall–Kier alpha value is -1.54. The first-order chi connectivity index (χ1) is 14.1. The molecule has 2 aromatic carbocycles. The largest absolute Gasteiger partial charge is 0.490 e. The number of ether oxygens (including phenoxy) is 2. The van der Waals surface area contributed by atoms with Gasteiger partial charge in [-0.25, -0.2) is 4.39 Å². The highest BCUT2D eigenvalue weighted by Crippen LogP contribution is 2.37. The predicted octanol–water partition coefficient (Wildman–Crippen LogP) is 7.73. The summed E-state index contributed by atoms with van der Waals surface area (Å²) >= 11 is 23.3. The number of anilines is 1. The molecule has 164 valence electrons. The van der Waals surface area contributed by atoms with Gasteiger partial charge in [-0.1, -0.05) is 46.4 Å². The minimum atomic E-state index is -4.60. The molecule has 0 aromatic heterocycles. The summed E-state index contributed by atoms with van der Waals surface area (Å²) in [6.45, 7) is 0.561. The molecule has 0 unspecified atom stereocenters. The third-order valence-electron chi connectivity index (χ3n) is 3.64. The number of rotatable bonds is 9. The number of benzene rings is 2. The summed E-state index contributed by atoms with van der Waals surface area (Å²) in [5, 5.41) is 3.16. The molecule has 11 heteroatoms. The first-order valence-corrected chi connectivity index (χ1v) is 9.95. The van der Waals surface area contributed by atoms with Crippen molar-refractivity contribution in [2.24, 2.45) is 0 Å². The van der Waals surface area contributed by atoms with E-state index in [0.717, 1.165) is 12.1 Å². The number of hydrogen-bond acceptors (Lipinski definition) is 3. The summed E-state index contributed by atoms with van der Waals surface area (Å²) in [6, 6.07) is 5.31. The lowest BCUT2D eigenvalue weighted by Gasteiger charge is -2.13. The Balaban J connectivity index is 1.84. The minimum Gasteiger partial charge on any atom is -0.490 e. The molecular weight excluding hydrogens is 492 g/mol. The van der Waals surface area contributed by atoms with Gasteiger partial charge in [-0.15, -0.1) is 0 Å². The van der Waals surface area contributed by atoms with Gasteiger partial charge in [0.25, 0.3) is 0 Å². The van der Waals surface area contributed by atoms with Crippen LogP contribution in [0.1, 0.15) is 12.0 Å². The Morgan fingerprint density at radius 1 is 1.03 bits per heavy atom. The first-order valence-electron chi connectivity index (χ1n) is 8.44. The predicted molar refractivity (Wildman–Crippen MR) is 112 cm³/mol. The molecule has 0 aliphatic heterocycles. The van der Waals surface area contributed by atoms with Gasteiger partial charge < -0.3 is 14.8 Å². The van der Waals surface area contributed by atoms with Crippen molar-refractivity contribution in [3.63, 3.8) is 0 Å². The van der Waals surface area contributed by atoms with Crippen LogP contribution < -0.4 is 14.8 Å². The summed E-state index contributed by atoms with van der Waals surface area (Å²) in [7, 11) is 0. The van der Waals surface area contributed by atoms with E-state index in [2.05, 4.69) is 5.32 Å². The maximum atomic E-state index is 13.8. The topological polar surface area (TPSA) is 30.5 Å². The van der Waals surface area contributed by atoms with Crippen LogP contribution in [0, 0.1) is 5.82 Å². The van der Waals surface area contributed by atoms with E-state index < -0.39 is 17.6 Å². The zero-order chi connectivity index (χ0) is 22.3. The van der Waals surface area contributed by atoms with E-state index in [1.165, 1.54) is 18.2 Å². The van der Waals surface area contributed by atoms with Crippen LogP contribution in [0.4, 0.5) is 23.2 Å². The molecule has 1 N–H and O–H groups in total. The zero-order valence-corrected chi connectivity index (χ0v) is 18.2.